The number of benzene rings is 2. The minimum absolute atomic E-state index is 0.0260. The Bertz CT molecular complexity index is 1180. The molecule has 7 heteroatoms. The zero-order chi connectivity index (χ0) is 21.3. The van der Waals surface area contributed by atoms with Crippen LogP contribution in [-0.2, 0) is 16.0 Å². The van der Waals surface area contributed by atoms with Crippen LogP contribution in [0.5, 0.6) is 0 Å². The van der Waals surface area contributed by atoms with Gasteiger partial charge in [0.2, 0.25) is 0 Å². The molecule has 2 amide bonds. The Morgan fingerprint density at radius 3 is 2.50 bits per heavy atom. The first-order valence-electron chi connectivity index (χ1n) is 9.41. The zero-order valence-corrected chi connectivity index (χ0v) is 18.5. The fourth-order valence-electron chi connectivity index (χ4n) is 3.29. The summed E-state index contributed by atoms with van der Waals surface area (Å²) in [6.45, 7) is 2.06. The lowest BCUT2D eigenvalue weighted by molar-refractivity contribution is -0.122. The number of anilines is 1. The molecule has 0 saturated carbocycles. The normalized spacial score (nSPS) is 15.6. The van der Waals surface area contributed by atoms with Crippen LogP contribution < -0.4 is 10.2 Å². The standard InChI is InChI=1S/C23H18BrN3O2S/c1-2-15-8-10-17(11-9-15)27-22(29)20(21(28)25-23(27)30)14-19-7-4-12-26(19)18-6-3-5-16(24)13-18/h3-14H,2H2,1H3,(H,25,28,30)/b20-14+. The molecule has 4 rings (SSSR count). The number of aromatic nitrogens is 1. The van der Waals surface area contributed by atoms with Crippen LogP contribution in [0.3, 0.4) is 0 Å². The van der Waals surface area contributed by atoms with Crippen molar-refractivity contribution in [2.75, 3.05) is 4.90 Å². The van der Waals surface area contributed by atoms with Crippen LogP contribution >= 0.6 is 28.1 Å². The van der Waals surface area contributed by atoms with Gasteiger partial charge in [-0.3, -0.25) is 19.8 Å². The summed E-state index contributed by atoms with van der Waals surface area (Å²) in [5, 5.41) is 2.71. The van der Waals surface area contributed by atoms with Crippen molar-refractivity contribution in [1.82, 2.24) is 9.88 Å². The molecule has 1 fully saturated rings. The average molecular weight is 480 g/mol. The second kappa shape index (κ2) is 8.38. The van der Waals surface area contributed by atoms with Crippen molar-refractivity contribution in [3.8, 4) is 5.69 Å². The van der Waals surface area contributed by atoms with Gasteiger partial charge in [-0.25, -0.2) is 0 Å². The molecule has 150 valence electrons. The first-order valence-corrected chi connectivity index (χ1v) is 10.6. The summed E-state index contributed by atoms with van der Waals surface area (Å²) in [5.41, 5.74) is 3.42. The SMILES string of the molecule is CCc1ccc(N2C(=O)/C(=C/c3cccn3-c3cccc(Br)c3)C(=O)NC2=S)cc1. The quantitative estimate of drug-likeness (QED) is 0.337. The molecule has 0 atom stereocenters. The van der Waals surface area contributed by atoms with E-state index < -0.39 is 11.8 Å². The molecular weight excluding hydrogens is 462 g/mol. The first kappa shape index (κ1) is 20.3. The van der Waals surface area contributed by atoms with Gasteiger partial charge in [0.25, 0.3) is 11.8 Å². The van der Waals surface area contributed by atoms with Crippen LogP contribution in [0, 0.1) is 0 Å². The number of aryl methyl sites for hydroxylation is 1. The van der Waals surface area contributed by atoms with Crippen molar-refractivity contribution in [3.63, 3.8) is 0 Å². The summed E-state index contributed by atoms with van der Waals surface area (Å²) in [6, 6.07) is 19.1. The molecule has 1 aromatic heterocycles. The van der Waals surface area contributed by atoms with Gasteiger partial charge in [-0.2, -0.15) is 0 Å². The molecule has 0 unspecified atom stereocenters. The number of hydrogen-bond donors (Lipinski definition) is 1. The predicted octanol–water partition coefficient (Wildman–Crippen LogP) is 4.63. The van der Waals surface area contributed by atoms with Gasteiger partial charge in [0.1, 0.15) is 5.57 Å². The Balaban J connectivity index is 1.73. The number of nitrogens with zero attached hydrogens (tertiary/aromatic N) is 2. The molecule has 30 heavy (non-hydrogen) atoms. The Morgan fingerprint density at radius 2 is 1.80 bits per heavy atom. The lowest BCUT2D eigenvalue weighted by Crippen LogP contribution is -2.54. The molecule has 1 N–H and O–H groups in total. The number of carbonyl (C=O) groups is 2. The molecule has 0 aliphatic carbocycles. The molecular formula is C23H18BrN3O2S. The summed E-state index contributed by atoms with van der Waals surface area (Å²) in [7, 11) is 0. The third-order valence-electron chi connectivity index (χ3n) is 4.86. The van der Waals surface area contributed by atoms with E-state index in [0.717, 1.165) is 22.1 Å². The fraction of sp³-hybridized carbons (Fsp3) is 0.0870. The van der Waals surface area contributed by atoms with Gasteiger partial charge in [-0.15, -0.1) is 0 Å². The van der Waals surface area contributed by atoms with E-state index in [0.29, 0.717) is 11.4 Å². The van der Waals surface area contributed by atoms with Gasteiger partial charge >= 0.3 is 0 Å². The number of hydrogen-bond acceptors (Lipinski definition) is 3. The molecule has 0 spiro atoms. The number of halogens is 1. The second-order valence-corrected chi connectivity index (χ2v) is 8.06. The van der Waals surface area contributed by atoms with Crippen LogP contribution in [0.2, 0.25) is 0 Å². The van der Waals surface area contributed by atoms with E-state index in [9.17, 15) is 9.59 Å². The molecule has 5 nitrogen and oxygen atoms in total. The van der Waals surface area contributed by atoms with E-state index >= 15 is 0 Å². The predicted molar refractivity (Wildman–Crippen MR) is 125 cm³/mol. The van der Waals surface area contributed by atoms with Gasteiger partial charge < -0.3 is 4.57 Å². The number of carbonyl (C=O) groups excluding carboxylic acids is 2. The Morgan fingerprint density at radius 1 is 1.03 bits per heavy atom. The number of amides is 2. The highest BCUT2D eigenvalue weighted by Gasteiger charge is 2.34. The third kappa shape index (κ3) is 3.86. The summed E-state index contributed by atoms with van der Waals surface area (Å²) < 4.78 is 2.84. The van der Waals surface area contributed by atoms with E-state index in [1.54, 1.807) is 6.08 Å². The van der Waals surface area contributed by atoms with Gasteiger partial charge in [-0.1, -0.05) is 41.1 Å². The van der Waals surface area contributed by atoms with Crippen LogP contribution in [0.4, 0.5) is 5.69 Å². The summed E-state index contributed by atoms with van der Waals surface area (Å²) in [5.74, 6) is -0.955. The Labute approximate surface area is 188 Å². The molecule has 1 saturated heterocycles. The smallest absolute Gasteiger partial charge is 0.270 e. The maximum atomic E-state index is 13.2. The summed E-state index contributed by atoms with van der Waals surface area (Å²) in [4.78, 5) is 27.2. The summed E-state index contributed by atoms with van der Waals surface area (Å²) in [6.07, 6.45) is 4.37. The van der Waals surface area contributed by atoms with Crippen molar-refractivity contribution < 1.29 is 9.59 Å². The van der Waals surface area contributed by atoms with Gasteiger partial charge in [0.15, 0.2) is 5.11 Å². The lowest BCUT2D eigenvalue weighted by atomic mass is 10.1. The molecule has 2 heterocycles. The van der Waals surface area contributed by atoms with Gasteiger partial charge in [0.05, 0.1) is 5.69 Å². The fourth-order valence-corrected chi connectivity index (χ4v) is 3.96. The minimum atomic E-state index is -0.506. The molecule has 1 aliphatic rings. The number of nitrogens with one attached hydrogen (secondary N) is 1. The lowest BCUT2D eigenvalue weighted by Gasteiger charge is -2.29. The highest BCUT2D eigenvalue weighted by molar-refractivity contribution is 9.10. The first-order chi connectivity index (χ1) is 14.5. The van der Waals surface area contributed by atoms with Gasteiger partial charge in [0, 0.05) is 22.1 Å². The molecule has 2 aromatic carbocycles. The van der Waals surface area contributed by atoms with Crippen molar-refractivity contribution >= 4 is 56.8 Å². The average Bonchev–Trinajstić information content (AvgIpc) is 3.20. The largest absolute Gasteiger partial charge is 0.317 e. The highest BCUT2D eigenvalue weighted by Crippen LogP contribution is 2.24. The van der Waals surface area contributed by atoms with Crippen molar-refractivity contribution in [2.45, 2.75) is 13.3 Å². The summed E-state index contributed by atoms with van der Waals surface area (Å²) >= 11 is 8.75. The third-order valence-corrected chi connectivity index (χ3v) is 5.64. The van der Waals surface area contributed by atoms with E-state index in [4.69, 9.17) is 12.2 Å². The van der Waals surface area contributed by atoms with E-state index in [2.05, 4.69) is 28.2 Å². The van der Waals surface area contributed by atoms with E-state index in [1.165, 1.54) is 4.90 Å². The van der Waals surface area contributed by atoms with Crippen LogP contribution in [0.15, 0.2) is 76.9 Å². The topological polar surface area (TPSA) is 54.3 Å². The van der Waals surface area contributed by atoms with Gasteiger partial charge in [-0.05, 0) is 72.7 Å². The number of thiocarbonyl (C=S) groups is 1. The van der Waals surface area contributed by atoms with Crippen LogP contribution in [-0.4, -0.2) is 21.5 Å². The van der Waals surface area contributed by atoms with Crippen molar-refractivity contribution in [1.29, 1.82) is 0 Å². The molecule has 0 radical (unpaired) electrons. The van der Waals surface area contributed by atoms with Crippen molar-refractivity contribution in [3.05, 3.63) is 88.2 Å². The zero-order valence-electron chi connectivity index (χ0n) is 16.1. The molecule has 1 aliphatic heterocycles. The Hall–Kier alpha value is -3.03. The van der Waals surface area contributed by atoms with E-state index in [-0.39, 0.29) is 10.7 Å². The number of rotatable bonds is 4. The second-order valence-electron chi connectivity index (χ2n) is 6.76. The molecule has 0 bridgehead atoms. The van der Waals surface area contributed by atoms with E-state index in [1.807, 2.05) is 71.4 Å². The maximum Gasteiger partial charge on any atom is 0.270 e. The highest BCUT2D eigenvalue weighted by atomic mass is 79.9. The van der Waals surface area contributed by atoms with Crippen molar-refractivity contribution in [2.24, 2.45) is 0 Å². The molecule has 3 aromatic rings. The van der Waals surface area contributed by atoms with Crippen LogP contribution in [0.1, 0.15) is 18.2 Å². The monoisotopic (exact) mass is 479 g/mol. The minimum Gasteiger partial charge on any atom is -0.317 e. The van der Waals surface area contributed by atoms with Crippen LogP contribution in [0.25, 0.3) is 11.8 Å². The Kier molecular flexibility index (Phi) is 5.65. The maximum absolute atomic E-state index is 13.2.